The molecule has 0 bridgehead atoms. The van der Waals surface area contributed by atoms with Crippen LogP contribution in [-0.4, -0.2) is 34.9 Å². The lowest BCUT2D eigenvalue weighted by atomic mass is 10.0. The zero-order chi connectivity index (χ0) is 49.9. The van der Waals surface area contributed by atoms with E-state index in [2.05, 4.69) is 141 Å². The Morgan fingerprint density at radius 2 is 0.638 bits per heavy atom. The molecule has 0 saturated carbocycles. The molecule has 4 heteroatoms. The number of hydrogen-bond acceptors (Lipinski definition) is 3. The van der Waals surface area contributed by atoms with E-state index in [1.54, 1.807) is 6.08 Å². The Bertz CT molecular complexity index is 1400. The van der Waals surface area contributed by atoms with E-state index in [9.17, 15) is 15.0 Å². The van der Waals surface area contributed by atoms with Crippen LogP contribution < -0.4 is 5.32 Å². The molecule has 0 aromatic heterocycles. The van der Waals surface area contributed by atoms with Crippen molar-refractivity contribution in [2.45, 2.75) is 264 Å². The first kappa shape index (κ1) is 65.5. The van der Waals surface area contributed by atoms with Gasteiger partial charge in [0.05, 0.1) is 18.8 Å². The number of carbonyl (C=O) groups excluding carboxylic acids is 1. The number of aliphatic hydroxyl groups is 2. The second-order valence-electron chi connectivity index (χ2n) is 19.0. The van der Waals surface area contributed by atoms with Gasteiger partial charge in [-0.05, 0) is 96.3 Å². The molecule has 0 fully saturated rings. The molecule has 2 unspecified atom stereocenters. The summed E-state index contributed by atoms with van der Waals surface area (Å²) in [5, 5.41) is 23.2. The minimum Gasteiger partial charge on any atom is -0.394 e. The van der Waals surface area contributed by atoms with Gasteiger partial charge in [0.25, 0.3) is 0 Å². The van der Waals surface area contributed by atoms with Crippen molar-refractivity contribution in [3.63, 3.8) is 0 Å². The Morgan fingerprint density at radius 1 is 0.362 bits per heavy atom. The van der Waals surface area contributed by atoms with E-state index in [1.807, 2.05) is 6.08 Å². The number of hydrogen-bond donors (Lipinski definition) is 3. The van der Waals surface area contributed by atoms with Crippen molar-refractivity contribution in [3.05, 3.63) is 134 Å². The summed E-state index contributed by atoms with van der Waals surface area (Å²) in [4.78, 5) is 12.5. The maximum absolute atomic E-state index is 12.5. The highest BCUT2D eigenvalue weighted by atomic mass is 16.3. The van der Waals surface area contributed by atoms with Crippen LogP contribution in [0.3, 0.4) is 0 Å². The SMILES string of the molecule is CC/C=C\C/C=C\C/C=C\C/C=C\C/C=C\C/C=C\C/C=C\C/C=C\C/C=C\C/C=C\CCCCCCCCC(=O)NC(CO)C(O)/C=C/CCCCCCCCCCCCCCCCCCCC. The molecule has 3 N–H and O–H groups in total. The third-order valence-corrected chi connectivity index (χ3v) is 12.4. The Hall–Kier alpha value is -3.47. The van der Waals surface area contributed by atoms with Crippen LogP contribution in [0.15, 0.2) is 134 Å². The lowest BCUT2D eigenvalue weighted by molar-refractivity contribution is -0.123. The smallest absolute Gasteiger partial charge is 0.220 e. The van der Waals surface area contributed by atoms with Gasteiger partial charge >= 0.3 is 0 Å². The quantitative estimate of drug-likeness (QED) is 0.0420. The monoisotopic (exact) mass is 952 g/mol. The number of amides is 1. The molecule has 0 spiro atoms. The van der Waals surface area contributed by atoms with Crippen molar-refractivity contribution < 1.29 is 15.0 Å². The molecule has 0 aliphatic carbocycles. The van der Waals surface area contributed by atoms with Crippen molar-refractivity contribution in [1.82, 2.24) is 5.32 Å². The average Bonchev–Trinajstić information content (AvgIpc) is 3.35. The van der Waals surface area contributed by atoms with Crippen LogP contribution in [0.5, 0.6) is 0 Å². The van der Waals surface area contributed by atoms with E-state index < -0.39 is 12.1 Å². The maximum Gasteiger partial charge on any atom is 0.220 e. The topological polar surface area (TPSA) is 69.6 Å². The van der Waals surface area contributed by atoms with Crippen LogP contribution in [0.4, 0.5) is 0 Å². The summed E-state index contributed by atoms with van der Waals surface area (Å²) in [6.07, 6.45) is 91.7. The molecule has 0 aromatic rings. The fraction of sp³-hybridized carbons (Fsp3) is 0.646. The maximum atomic E-state index is 12.5. The van der Waals surface area contributed by atoms with Gasteiger partial charge in [0.2, 0.25) is 5.91 Å². The molecule has 1 amide bonds. The van der Waals surface area contributed by atoms with E-state index in [1.165, 1.54) is 128 Å². The van der Waals surface area contributed by atoms with Crippen LogP contribution in [0.1, 0.15) is 251 Å². The Morgan fingerprint density at radius 3 is 0.957 bits per heavy atom. The standard InChI is InChI=1S/C65H109NO3/c1-3-5-7-9-11-13-15-17-19-21-23-25-26-27-28-29-30-31-32-33-34-35-36-37-38-39-40-41-43-45-47-49-51-53-55-57-59-61-65(69)66-63(62-67)64(68)60-58-56-54-52-50-48-46-44-42-24-22-20-18-16-14-12-10-8-6-4-2/h5,7,11,13,17,19,23,25,27-28,30-31,33-34,36-37,39-40,43,45,58,60,63-64,67-68H,3-4,6,8-10,12,14-16,18,20-22,24,26,29,32,35,38,41-42,44,46-57,59,61-62H2,1-2H3,(H,66,69)/b7-5-,13-11-,19-17-,25-23-,28-27-,31-30-,34-33-,37-36-,40-39-,45-43-,60-58+. The molecule has 4 nitrogen and oxygen atoms in total. The number of nitrogens with one attached hydrogen (secondary N) is 1. The fourth-order valence-electron chi connectivity index (χ4n) is 8.03. The third-order valence-electron chi connectivity index (χ3n) is 12.4. The normalized spacial score (nSPS) is 13.9. The Balaban J connectivity index is 3.66. The van der Waals surface area contributed by atoms with Crippen LogP contribution in [0.25, 0.3) is 0 Å². The van der Waals surface area contributed by atoms with Crippen molar-refractivity contribution >= 4 is 5.91 Å². The van der Waals surface area contributed by atoms with Gasteiger partial charge in [-0.2, -0.15) is 0 Å². The first-order valence-corrected chi connectivity index (χ1v) is 28.9. The van der Waals surface area contributed by atoms with Crippen LogP contribution in [0, 0.1) is 0 Å². The summed E-state index contributed by atoms with van der Waals surface area (Å²) in [7, 11) is 0. The molecule has 392 valence electrons. The average molecular weight is 953 g/mol. The molecule has 0 aliphatic heterocycles. The number of allylic oxidation sites excluding steroid dienone is 21. The summed E-state index contributed by atoms with van der Waals surface area (Å²) in [6.45, 7) is 4.19. The summed E-state index contributed by atoms with van der Waals surface area (Å²) in [5.74, 6) is -0.0826. The van der Waals surface area contributed by atoms with Crippen LogP contribution >= 0.6 is 0 Å². The van der Waals surface area contributed by atoms with E-state index in [0.717, 1.165) is 103 Å². The minimum atomic E-state index is -0.856. The fourth-order valence-corrected chi connectivity index (χ4v) is 8.03. The number of unbranched alkanes of at least 4 members (excludes halogenated alkanes) is 24. The number of rotatable bonds is 51. The van der Waals surface area contributed by atoms with Crippen molar-refractivity contribution in [3.8, 4) is 0 Å². The van der Waals surface area contributed by atoms with Gasteiger partial charge in [0, 0.05) is 6.42 Å². The molecular weight excluding hydrogens is 843 g/mol. The Labute approximate surface area is 428 Å². The van der Waals surface area contributed by atoms with E-state index in [-0.39, 0.29) is 12.5 Å². The molecular formula is C65H109NO3. The van der Waals surface area contributed by atoms with Gasteiger partial charge in [-0.15, -0.1) is 0 Å². The highest BCUT2D eigenvalue weighted by Gasteiger charge is 2.18. The highest BCUT2D eigenvalue weighted by Crippen LogP contribution is 2.15. The first-order valence-electron chi connectivity index (χ1n) is 28.9. The molecule has 0 aromatic carbocycles. The lowest BCUT2D eigenvalue weighted by Gasteiger charge is -2.20. The Kier molecular flexibility index (Phi) is 55.9. The lowest BCUT2D eigenvalue weighted by Crippen LogP contribution is -2.45. The van der Waals surface area contributed by atoms with E-state index in [4.69, 9.17) is 0 Å². The summed E-state index contributed by atoms with van der Waals surface area (Å²) in [5.41, 5.74) is 0. The second-order valence-corrected chi connectivity index (χ2v) is 19.0. The summed E-state index contributed by atoms with van der Waals surface area (Å²) < 4.78 is 0. The zero-order valence-electron chi connectivity index (χ0n) is 45.0. The highest BCUT2D eigenvalue weighted by molar-refractivity contribution is 5.76. The molecule has 0 rings (SSSR count). The van der Waals surface area contributed by atoms with Gasteiger partial charge in [0.1, 0.15) is 0 Å². The summed E-state index contributed by atoms with van der Waals surface area (Å²) >= 11 is 0. The zero-order valence-corrected chi connectivity index (χ0v) is 45.0. The molecule has 69 heavy (non-hydrogen) atoms. The molecule has 0 heterocycles. The van der Waals surface area contributed by atoms with Crippen molar-refractivity contribution in [2.75, 3.05) is 6.61 Å². The van der Waals surface area contributed by atoms with Crippen LogP contribution in [-0.2, 0) is 4.79 Å². The van der Waals surface area contributed by atoms with Crippen LogP contribution in [0.2, 0.25) is 0 Å². The largest absolute Gasteiger partial charge is 0.394 e. The van der Waals surface area contributed by atoms with Crippen molar-refractivity contribution in [1.29, 1.82) is 0 Å². The number of aliphatic hydroxyl groups excluding tert-OH is 2. The van der Waals surface area contributed by atoms with Gasteiger partial charge in [-0.1, -0.05) is 282 Å². The van der Waals surface area contributed by atoms with Gasteiger partial charge < -0.3 is 15.5 Å². The van der Waals surface area contributed by atoms with E-state index >= 15 is 0 Å². The number of carbonyl (C=O) groups is 1. The molecule has 2 atom stereocenters. The first-order chi connectivity index (χ1) is 34.2. The second kappa shape index (κ2) is 58.8. The minimum absolute atomic E-state index is 0.0826. The summed E-state index contributed by atoms with van der Waals surface area (Å²) in [6, 6.07) is -0.641. The molecule has 0 radical (unpaired) electrons. The van der Waals surface area contributed by atoms with Gasteiger partial charge in [-0.3, -0.25) is 4.79 Å². The molecule has 0 saturated heterocycles. The van der Waals surface area contributed by atoms with E-state index in [0.29, 0.717) is 6.42 Å². The predicted molar refractivity (Wildman–Crippen MR) is 308 cm³/mol. The van der Waals surface area contributed by atoms with Gasteiger partial charge in [0.15, 0.2) is 0 Å². The third kappa shape index (κ3) is 55.3. The van der Waals surface area contributed by atoms with Crippen molar-refractivity contribution in [2.24, 2.45) is 0 Å². The predicted octanol–water partition coefficient (Wildman–Crippen LogP) is 19.4. The van der Waals surface area contributed by atoms with Gasteiger partial charge in [-0.25, -0.2) is 0 Å². The molecule has 0 aliphatic rings.